The lowest BCUT2D eigenvalue weighted by Gasteiger charge is -2.04. The molecular weight excluding hydrogens is 187 g/mol. The van der Waals surface area contributed by atoms with Gasteiger partial charge < -0.3 is 5.73 Å². The largest absolute Gasteiger partial charge is 0.394 e. The van der Waals surface area contributed by atoms with Crippen LogP contribution in [0.3, 0.4) is 0 Å². The number of alkyl halides is 3. The molecule has 7 heteroatoms. The molecule has 72 valence electrons. The van der Waals surface area contributed by atoms with Crippen molar-refractivity contribution in [3.8, 4) is 0 Å². The lowest BCUT2D eigenvalue weighted by atomic mass is 10.2. The number of H-pyrrole nitrogens is 1. The second-order valence-corrected chi connectivity index (χ2v) is 2.42. The first kappa shape index (κ1) is 9.56. The topological polar surface area (TPSA) is 71.8 Å². The first-order valence-corrected chi connectivity index (χ1v) is 3.29. The molecule has 0 unspecified atom stereocenters. The Morgan fingerprint density at radius 1 is 1.62 bits per heavy atom. The van der Waals surface area contributed by atoms with Crippen LogP contribution in [-0.4, -0.2) is 22.3 Å². The normalized spacial score (nSPS) is 11.6. The monoisotopic (exact) mass is 193 g/mol. The van der Waals surface area contributed by atoms with Gasteiger partial charge in [-0.2, -0.15) is 18.3 Å². The molecule has 3 N–H and O–H groups in total. The van der Waals surface area contributed by atoms with E-state index in [1.165, 1.54) is 0 Å². The number of hydrogen-bond donors (Lipinski definition) is 2. The van der Waals surface area contributed by atoms with Crippen LogP contribution in [-0.2, 0) is 6.42 Å². The fraction of sp³-hybridized carbons (Fsp3) is 0.333. The Kier molecular flexibility index (Phi) is 2.26. The molecule has 0 aliphatic carbocycles. The van der Waals surface area contributed by atoms with Gasteiger partial charge in [0.25, 0.3) is 5.91 Å². The molecule has 0 atom stereocenters. The van der Waals surface area contributed by atoms with Crippen LogP contribution >= 0.6 is 0 Å². The smallest absolute Gasteiger partial charge is 0.365 e. The second-order valence-electron chi connectivity index (χ2n) is 2.42. The molecule has 0 fully saturated rings. The van der Waals surface area contributed by atoms with Crippen LogP contribution in [0, 0.1) is 0 Å². The van der Waals surface area contributed by atoms with Crippen LogP contribution in [0.2, 0.25) is 0 Å². The van der Waals surface area contributed by atoms with Gasteiger partial charge in [0, 0.05) is 0 Å². The summed E-state index contributed by atoms with van der Waals surface area (Å²) in [6, 6.07) is 0. The number of carbonyl (C=O) groups excluding carboxylic acids is 1. The number of hydrogen-bond acceptors (Lipinski definition) is 2. The molecule has 0 aliphatic heterocycles. The molecule has 0 bridgehead atoms. The Labute approximate surface area is 70.9 Å². The van der Waals surface area contributed by atoms with Crippen LogP contribution in [0.4, 0.5) is 13.2 Å². The Morgan fingerprint density at radius 2 is 2.23 bits per heavy atom. The van der Waals surface area contributed by atoms with Gasteiger partial charge in [-0.25, -0.2) is 0 Å². The van der Waals surface area contributed by atoms with E-state index in [2.05, 4.69) is 10.2 Å². The van der Waals surface area contributed by atoms with E-state index in [0.29, 0.717) is 0 Å². The minimum Gasteiger partial charge on any atom is -0.365 e. The first-order valence-electron chi connectivity index (χ1n) is 3.29. The van der Waals surface area contributed by atoms with Crippen molar-refractivity contribution in [2.45, 2.75) is 12.6 Å². The van der Waals surface area contributed by atoms with Crippen molar-refractivity contribution in [1.29, 1.82) is 0 Å². The van der Waals surface area contributed by atoms with Gasteiger partial charge in [0.1, 0.15) is 0 Å². The molecule has 1 rings (SSSR count). The van der Waals surface area contributed by atoms with Gasteiger partial charge >= 0.3 is 6.18 Å². The lowest BCUT2D eigenvalue weighted by Crippen LogP contribution is -2.17. The summed E-state index contributed by atoms with van der Waals surface area (Å²) < 4.78 is 35.6. The average Bonchev–Trinajstić information content (AvgIpc) is 2.31. The SMILES string of the molecule is NC(=O)c1cn[nH]c1CC(F)(F)F. The number of aromatic amines is 1. The van der Waals surface area contributed by atoms with E-state index in [4.69, 9.17) is 5.73 Å². The van der Waals surface area contributed by atoms with E-state index in [0.717, 1.165) is 6.20 Å². The first-order chi connectivity index (χ1) is 5.90. The lowest BCUT2D eigenvalue weighted by molar-refractivity contribution is -0.127. The molecule has 0 aliphatic rings. The molecule has 0 radical (unpaired) electrons. The highest BCUT2D eigenvalue weighted by Crippen LogP contribution is 2.21. The van der Waals surface area contributed by atoms with E-state index in [9.17, 15) is 18.0 Å². The standard InChI is InChI=1S/C6H6F3N3O/c7-6(8,9)1-4-3(5(10)13)2-11-12-4/h2H,1H2,(H2,10,13)(H,11,12). The minimum atomic E-state index is -4.38. The maximum absolute atomic E-state index is 11.9. The van der Waals surface area contributed by atoms with E-state index in [1.54, 1.807) is 0 Å². The Balaban J connectivity index is 2.89. The quantitative estimate of drug-likeness (QED) is 0.722. The van der Waals surface area contributed by atoms with Crippen molar-refractivity contribution in [2.75, 3.05) is 0 Å². The average molecular weight is 193 g/mol. The summed E-state index contributed by atoms with van der Waals surface area (Å²) in [6.07, 6.45) is -4.63. The molecule has 4 nitrogen and oxygen atoms in total. The number of halogens is 3. The molecule has 0 spiro atoms. The highest BCUT2D eigenvalue weighted by atomic mass is 19.4. The van der Waals surface area contributed by atoms with Crippen molar-refractivity contribution in [1.82, 2.24) is 10.2 Å². The maximum Gasteiger partial charge on any atom is 0.394 e. The highest BCUT2D eigenvalue weighted by Gasteiger charge is 2.30. The van der Waals surface area contributed by atoms with Crippen LogP contribution in [0.25, 0.3) is 0 Å². The van der Waals surface area contributed by atoms with Crippen molar-refractivity contribution in [2.24, 2.45) is 5.73 Å². The van der Waals surface area contributed by atoms with Crippen molar-refractivity contribution in [3.63, 3.8) is 0 Å². The predicted octanol–water partition coefficient (Wildman–Crippen LogP) is 0.613. The molecule has 1 amide bonds. The minimum absolute atomic E-state index is 0.225. The van der Waals surface area contributed by atoms with Crippen LogP contribution in [0.15, 0.2) is 6.20 Å². The number of amides is 1. The summed E-state index contributed by atoms with van der Waals surface area (Å²) in [6.45, 7) is 0. The van der Waals surface area contributed by atoms with Gasteiger partial charge in [-0.1, -0.05) is 0 Å². The predicted molar refractivity (Wildman–Crippen MR) is 36.9 cm³/mol. The maximum atomic E-state index is 11.9. The van der Waals surface area contributed by atoms with Crippen molar-refractivity contribution < 1.29 is 18.0 Å². The highest BCUT2D eigenvalue weighted by molar-refractivity contribution is 5.93. The van der Waals surface area contributed by atoms with Gasteiger partial charge in [-0.3, -0.25) is 9.89 Å². The third kappa shape index (κ3) is 2.46. The Hall–Kier alpha value is -1.53. The number of rotatable bonds is 2. The van der Waals surface area contributed by atoms with E-state index in [1.807, 2.05) is 0 Å². The van der Waals surface area contributed by atoms with Gasteiger partial charge in [0.05, 0.1) is 23.9 Å². The molecule has 0 saturated heterocycles. The van der Waals surface area contributed by atoms with E-state index >= 15 is 0 Å². The van der Waals surface area contributed by atoms with Gasteiger partial charge in [0.2, 0.25) is 0 Å². The number of nitrogens with zero attached hydrogens (tertiary/aromatic N) is 1. The van der Waals surface area contributed by atoms with E-state index in [-0.39, 0.29) is 11.3 Å². The zero-order valence-corrected chi connectivity index (χ0v) is 6.35. The zero-order chi connectivity index (χ0) is 10.1. The fourth-order valence-electron chi connectivity index (χ4n) is 0.860. The van der Waals surface area contributed by atoms with Crippen LogP contribution < -0.4 is 5.73 Å². The van der Waals surface area contributed by atoms with Gasteiger partial charge in [0.15, 0.2) is 0 Å². The third-order valence-corrected chi connectivity index (χ3v) is 1.36. The Bertz CT molecular complexity index is 317. The summed E-state index contributed by atoms with van der Waals surface area (Å²) in [5.41, 5.74) is 4.28. The molecule has 13 heavy (non-hydrogen) atoms. The summed E-state index contributed by atoms with van der Waals surface area (Å²) in [5, 5.41) is 5.37. The van der Waals surface area contributed by atoms with Gasteiger partial charge in [-0.05, 0) is 0 Å². The van der Waals surface area contributed by atoms with Crippen molar-refractivity contribution in [3.05, 3.63) is 17.5 Å². The summed E-state index contributed by atoms with van der Waals surface area (Å²) in [5.74, 6) is -0.923. The molecule has 0 saturated carbocycles. The zero-order valence-electron chi connectivity index (χ0n) is 6.35. The summed E-state index contributed by atoms with van der Waals surface area (Å²) in [7, 11) is 0. The third-order valence-electron chi connectivity index (χ3n) is 1.36. The fourth-order valence-corrected chi connectivity index (χ4v) is 0.860. The summed E-state index contributed by atoms with van der Waals surface area (Å²) >= 11 is 0. The number of carbonyl (C=O) groups is 1. The van der Waals surface area contributed by atoms with Crippen LogP contribution in [0.5, 0.6) is 0 Å². The second kappa shape index (κ2) is 3.08. The van der Waals surface area contributed by atoms with Crippen LogP contribution in [0.1, 0.15) is 16.1 Å². The number of nitrogens with two attached hydrogens (primary N) is 1. The molecule has 0 aromatic carbocycles. The molecule has 1 aromatic rings. The molecule has 1 aromatic heterocycles. The number of primary amides is 1. The molecule has 1 heterocycles. The van der Waals surface area contributed by atoms with Gasteiger partial charge in [-0.15, -0.1) is 0 Å². The van der Waals surface area contributed by atoms with E-state index < -0.39 is 18.5 Å². The number of aromatic nitrogens is 2. The summed E-state index contributed by atoms with van der Waals surface area (Å²) in [4.78, 5) is 10.6. The number of nitrogens with one attached hydrogen (secondary N) is 1. The van der Waals surface area contributed by atoms with Crippen molar-refractivity contribution >= 4 is 5.91 Å². The Morgan fingerprint density at radius 3 is 2.69 bits per heavy atom. The molecular formula is C6H6F3N3O.